The third-order valence-corrected chi connectivity index (χ3v) is 9.27. The van der Waals surface area contributed by atoms with Gasteiger partial charge in [-0.1, -0.05) is 18.2 Å². The number of nitriles is 1. The van der Waals surface area contributed by atoms with Crippen LogP contribution in [0.1, 0.15) is 12.6 Å². The summed E-state index contributed by atoms with van der Waals surface area (Å²) in [5.74, 6) is 0. The molecule has 2 saturated heterocycles. The van der Waals surface area contributed by atoms with Crippen molar-refractivity contribution in [3.63, 3.8) is 0 Å². The zero-order valence-corrected chi connectivity index (χ0v) is 23.7. The third-order valence-electron chi connectivity index (χ3n) is 7.79. The van der Waals surface area contributed by atoms with Crippen LogP contribution in [-0.4, -0.2) is 92.2 Å². The summed E-state index contributed by atoms with van der Waals surface area (Å²) in [4.78, 5) is 1.84. The van der Waals surface area contributed by atoms with E-state index >= 15 is 0 Å². The monoisotopic (exact) mass is 582 g/mol. The molecule has 12 heteroatoms. The number of anilines is 1. The first-order valence-corrected chi connectivity index (χ1v) is 14.9. The number of aliphatic hydroxyl groups is 3. The molecule has 0 saturated carbocycles. The predicted molar refractivity (Wildman–Crippen MR) is 154 cm³/mol. The summed E-state index contributed by atoms with van der Waals surface area (Å²) in [6.45, 7) is 4.10. The van der Waals surface area contributed by atoms with Gasteiger partial charge in [-0.05, 0) is 53.6 Å². The molecule has 2 aliphatic heterocycles. The number of allylic oxidation sites excluding steroid dienone is 2. The maximum atomic E-state index is 13.1. The van der Waals surface area contributed by atoms with Gasteiger partial charge in [-0.15, -0.1) is 0 Å². The van der Waals surface area contributed by atoms with Crippen LogP contribution >= 0.6 is 0 Å². The standard InChI is InChI=1S/C29H34N4O7S/c1-18(27(15-30)41(37,38)31-16-26-29(36)28(35)25(34)17-40-26)23-7-8-24(32(23)2)21-4-3-20-14-22(6-5-19(20)13-21)33-9-11-39-12-10-33/h3-8,13-14,25-26,28-29,31,34-36H,9-12,16-17H2,1-2H3/b27-18+/t25-,26+,28+,29+/m0/s1. The van der Waals surface area contributed by atoms with Gasteiger partial charge in [0.25, 0.3) is 10.0 Å². The molecule has 11 nitrogen and oxygen atoms in total. The van der Waals surface area contributed by atoms with Crippen LogP contribution in [0.2, 0.25) is 0 Å². The molecule has 2 fully saturated rings. The Balaban J connectivity index is 1.37. The first kappa shape index (κ1) is 29.2. The van der Waals surface area contributed by atoms with Crippen molar-refractivity contribution in [2.75, 3.05) is 44.4 Å². The highest BCUT2D eigenvalue weighted by atomic mass is 32.2. The maximum Gasteiger partial charge on any atom is 0.251 e. The summed E-state index contributed by atoms with van der Waals surface area (Å²) < 4.78 is 41.0. The quantitative estimate of drug-likeness (QED) is 0.302. The number of morpholine rings is 1. The molecule has 0 bridgehead atoms. The average Bonchev–Trinajstić information content (AvgIpc) is 3.36. The van der Waals surface area contributed by atoms with Crippen LogP contribution in [0, 0.1) is 11.3 Å². The normalized spacial score (nSPS) is 24.2. The summed E-state index contributed by atoms with van der Waals surface area (Å²) in [6, 6.07) is 18.0. The van der Waals surface area contributed by atoms with E-state index in [-0.39, 0.29) is 18.7 Å². The molecule has 0 amide bonds. The number of hydrogen-bond donors (Lipinski definition) is 4. The van der Waals surface area contributed by atoms with Crippen LogP contribution in [-0.2, 0) is 26.5 Å². The predicted octanol–water partition coefficient (Wildman–Crippen LogP) is 1.34. The van der Waals surface area contributed by atoms with E-state index in [1.807, 2.05) is 23.7 Å². The first-order valence-electron chi connectivity index (χ1n) is 13.4. The van der Waals surface area contributed by atoms with E-state index in [0.29, 0.717) is 5.69 Å². The zero-order chi connectivity index (χ0) is 29.3. The van der Waals surface area contributed by atoms with E-state index in [1.54, 1.807) is 19.1 Å². The minimum absolute atomic E-state index is 0.249. The van der Waals surface area contributed by atoms with Crippen molar-refractivity contribution >= 4 is 32.1 Å². The van der Waals surface area contributed by atoms with E-state index in [9.17, 15) is 29.0 Å². The topological polar surface area (TPSA) is 157 Å². The van der Waals surface area contributed by atoms with Gasteiger partial charge < -0.3 is 34.3 Å². The molecule has 2 aromatic carbocycles. The van der Waals surface area contributed by atoms with Crippen LogP contribution < -0.4 is 9.62 Å². The number of fused-ring (bicyclic) bond motifs is 1. The van der Waals surface area contributed by atoms with Gasteiger partial charge in [0.2, 0.25) is 0 Å². The smallest absolute Gasteiger partial charge is 0.251 e. The summed E-state index contributed by atoms with van der Waals surface area (Å²) >= 11 is 0. The Hall–Kier alpha value is -3.28. The molecule has 3 heterocycles. The van der Waals surface area contributed by atoms with Crippen molar-refractivity contribution in [2.24, 2.45) is 7.05 Å². The highest BCUT2D eigenvalue weighted by Gasteiger charge is 2.38. The Morgan fingerprint density at radius 2 is 1.76 bits per heavy atom. The molecular weight excluding hydrogens is 548 g/mol. The molecule has 4 atom stereocenters. The molecular formula is C29H34N4O7S. The van der Waals surface area contributed by atoms with Crippen LogP contribution in [0.3, 0.4) is 0 Å². The van der Waals surface area contributed by atoms with Crippen molar-refractivity contribution < 1.29 is 33.2 Å². The van der Waals surface area contributed by atoms with Gasteiger partial charge in [-0.3, -0.25) is 0 Å². The number of benzene rings is 2. The Morgan fingerprint density at radius 1 is 1.05 bits per heavy atom. The van der Waals surface area contributed by atoms with Crippen molar-refractivity contribution in [1.82, 2.24) is 9.29 Å². The Labute approximate surface area is 238 Å². The number of nitrogens with one attached hydrogen (secondary N) is 1. The van der Waals surface area contributed by atoms with Gasteiger partial charge in [-0.25, -0.2) is 13.1 Å². The molecule has 5 rings (SSSR count). The van der Waals surface area contributed by atoms with Crippen molar-refractivity contribution in [2.45, 2.75) is 31.3 Å². The minimum Gasteiger partial charge on any atom is -0.388 e. The summed E-state index contributed by atoms with van der Waals surface area (Å²) in [5, 5.41) is 41.6. The average molecular weight is 583 g/mol. The summed E-state index contributed by atoms with van der Waals surface area (Å²) in [6.07, 6.45) is -5.30. The lowest BCUT2D eigenvalue weighted by atomic mass is 10.0. The molecule has 0 spiro atoms. The van der Waals surface area contributed by atoms with E-state index in [2.05, 4.69) is 40.0 Å². The van der Waals surface area contributed by atoms with Gasteiger partial charge >= 0.3 is 0 Å². The zero-order valence-electron chi connectivity index (χ0n) is 22.9. The van der Waals surface area contributed by atoms with Crippen molar-refractivity contribution in [3.05, 3.63) is 59.1 Å². The number of sulfonamides is 1. The number of aliphatic hydroxyl groups excluding tert-OH is 3. The van der Waals surface area contributed by atoms with Crippen LogP contribution in [0.5, 0.6) is 0 Å². The lowest BCUT2D eigenvalue weighted by Gasteiger charge is -2.35. The Bertz CT molecular complexity index is 1600. The van der Waals surface area contributed by atoms with Crippen molar-refractivity contribution in [1.29, 1.82) is 5.26 Å². The molecule has 2 aliphatic rings. The van der Waals surface area contributed by atoms with E-state index < -0.39 is 39.3 Å². The van der Waals surface area contributed by atoms with Crippen LogP contribution in [0.4, 0.5) is 5.69 Å². The Kier molecular flexibility index (Phi) is 8.49. The number of aromatic nitrogens is 1. The summed E-state index contributed by atoms with van der Waals surface area (Å²) in [7, 11) is -2.47. The van der Waals surface area contributed by atoms with Gasteiger partial charge in [0.05, 0.1) is 25.9 Å². The molecule has 3 aromatic rings. The summed E-state index contributed by atoms with van der Waals surface area (Å²) in [5.41, 5.74) is 3.77. The number of ether oxygens (including phenoxy) is 2. The molecule has 41 heavy (non-hydrogen) atoms. The number of rotatable bonds is 7. The van der Waals surface area contributed by atoms with E-state index in [0.717, 1.165) is 54.0 Å². The van der Waals surface area contributed by atoms with Crippen LogP contribution in [0.25, 0.3) is 27.6 Å². The fourth-order valence-electron chi connectivity index (χ4n) is 5.36. The van der Waals surface area contributed by atoms with Gasteiger partial charge in [0.15, 0.2) is 4.91 Å². The first-order chi connectivity index (χ1) is 19.6. The molecule has 4 N–H and O–H groups in total. The molecule has 1 aromatic heterocycles. The Morgan fingerprint density at radius 3 is 2.49 bits per heavy atom. The van der Waals surface area contributed by atoms with Gasteiger partial charge in [0, 0.05) is 49.3 Å². The SMILES string of the molecule is C/C(=C(/C#N)S(=O)(=O)NC[C@H]1OC[C@H](O)[C@@H](O)[C@@H]1O)c1ccc(-c2ccc3cc(N4CCOCC4)ccc3c2)n1C. The van der Waals surface area contributed by atoms with Crippen molar-refractivity contribution in [3.8, 4) is 17.3 Å². The largest absolute Gasteiger partial charge is 0.388 e. The fourth-order valence-corrected chi connectivity index (χ4v) is 6.52. The second kappa shape index (κ2) is 11.9. The maximum absolute atomic E-state index is 13.1. The highest BCUT2D eigenvalue weighted by molar-refractivity contribution is 7.93. The molecule has 0 radical (unpaired) electrons. The lowest BCUT2D eigenvalue weighted by molar-refractivity contribution is -0.184. The molecule has 0 unspecified atom stereocenters. The second-order valence-corrected chi connectivity index (χ2v) is 12.1. The highest BCUT2D eigenvalue weighted by Crippen LogP contribution is 2.31. The minimum atomic E-state index is -4.28. The van der Waals surface area contributed by atoms with Gasteiger partial charge in [0.1, 0.15) is 24.4 Å². The van der Waals surface area contributed by atoms with E-state index in [4.69, 9.17) is 9.47 Å². The van der Waals surface area contributed by atoms with E-state index in [1.165, 1.54) is 0 Å². The third kappa shape index (κ3) is 5.89. The van der Waals surface area contributed by atoms with Crippen LogP contribution in [0.15, 0.2) is 53.4 Å². The molecule has 218 valence electrons. The lowest BCUT2D eigenvalue weighted by Crippen LogP contribution is -2.56. The fraction of sp³-hybridized carbons (Fsp3) is 0.414. The number of hydrogen-bond acceptors (Lipinski definition) is 9. The van der Waals surface area contributed by atoms with Gasteiger partial charge in [-0.2, -0.15) is 5.26 Å². The molecule has 0 aliphatic carbocycles. The number of nitrogens with zero attached hydrogens (tertiary/aromatic N) is 3. The second-order valence-electron chi connectivity index (χ2n) is 10.3.